The van der Waals surface area contributed by atoms with E-state index in [1.165, 1.54) is 7.11 Å². The van der Waals surface area contributed by atoms with Gasteiger partial charge in [-0.1, -0.05) is 80.6 Å². The van der Waals surface area contributed by atoms with Gasteiger partial charge in [-0.15, -0.1) is 0 Å². The normalized spacial score (nSPS) is 11.8. The summed E-state index contributed by atoms with van der Waals surface area (Å²) in [6, 6.07) is 29.0. The van der Waals surface area contributed by atoms with Crippen LogP contribution in [0.15, 0.2) is 91.0 Å². The third-order valence-corrected chi connectivity index (χ3v) is 9.88. The minimum absolute atomic E-state index is 0.0488. The number of nitrogens with zero attached hydrogens (tertiary/aromatic N) is 4. The Kier molecular flexibility index (Phi) is 11.2. The molecule has 0 saturated carbocycles. The predicted molar refractivity (Wildman–Crippen MR) is 216 cm³/mol. The van der Waals surface area contributed by atoms with Crippen molar-refractivity contribution in [3.8, 4) is 11.1 Å². The zero-order chi connectivity index (χ0) is 39.2. The van der Waals surface area contributed by atoms with Crippen LogP contribution in [0.5, 0.6) is 0 Å². The molecule has 2 aromatic heterocycles. The van der Waals surface area contributed by atoms with Crippen molar-refractivity contribution in [3.05, 3.63) is 108 Å². The highest BCUT2D eigenvalue weighted by atomic mass is 16.5. The maximum absolute atomic E-state index is 13.9. The quantitative estimate of drug-likeness (QED) is 0.0843. The van der Waals surface area contributed by atoms with Crippen molar-refractivity contribution in [2.24, 2.45) is 0 Å². The Labute approximate surface area is 323 Å². The fourth-order valence-electron chi connectivity index (χ4n) is 7.22. The van der Waals surface area contributed by atoms with Crippen molar-refractivity contribution in [2.45, 2.75) is 45.8 Å². The van der Waals surface area contributed by atoms with E-state index in [2.05, 4.69) is 69.1 Å². The molecule has 1 atom stereocenters. The lowest BCUT2D eigenvalue weighted by Crippen LogP contribution is -2.43. The van der Waals surface area contributed by atoms with Gasteiger partial charge in [0.1, 0.15) is 17.7 Å². The molecule has 0 aliphatic heterocycles. The molecule has 0 aliphatic rings. The third kappa shape index (κ3) is 7.88. The summed E-state index contributed by atoms with van der Waals surface area (Å²) in [6.07, 6.45) is 1.36. The number of hydrogen-bond acceptors (Lipinski definition) is 7. The second-order valence-corrected chi connectivity index (χ2v) is 13.7. The Hall–Kier alpha value is -6.76. The number of aromatic amines is 2. The highest BCUT2D eigenvalue weighted by molar-refractivity contribution is 6.07. The summed E-state index contributed by atoms with van der Waals surface area (Å²) in [6.45, 7) is 5.56. The minimum Gasteiger partial charge on any atom is -0.453 e. The molecule has 0 fully saturated rings. The number of benzene rings is 5. The van der Waals surface area contributed by atoms with Crippen LogP contribution in [0.4, 0.5) is 4.79 Å². The van der Waals surface area contributed by atoms with Crippen LogP contribution in [0, 0.1) is 0 Å². The van der Waals surface area contributed by atoms with Gasteiger partial charge in [0.15, 0.2) is 0 Å². The zero-order valence-electron chi connectivity index (χ0n) is 31.6. The average Bonchev–Trinajstić information content (AvgIpc) is 3.85. The number of aromatic nitrogens is 4. The molecule has 0 saturated heterocycles. The van der Waals surface area contributed by atoms with Crippen molar-refractivity contribution in [2.75, 3.05) is 26.7 Å². The van der Waals surface area contributed by atoms with Crippen LogP contribution in [0.3, 0.4) is 0 Å². The fourth-order valence-corrected chi connectivity index (χ4v) is 7.22. The molecular weight excluding hydrogens is 709 g/mol. The first-order chi connectivity index (χ1) is 27.3. The first-order valence-corrected chi connectivity index (χ1v) is 18.8. The lowest BCUT2D eigenvalue weighted by Gasteiger charge is -2.27. The Bertz CT molecular complexity index is 2550. The van der Waals surface area contributed by atoms with E-state index in [0.717, 1.165) is 67.6 Å². The van der Waals surface area contributed by atoms with Gasteiger partial charge >= 0.3 is 6.09 Å². The van der Waals surface area contributed by atoms with Gasteiger partial charge in [0.05, 0.1) is 48.8 Å². The van der Waals surface area contributed by atoms with E-state index in [4.69, 9.17) is 14.7 Å². The zero-order valence-corrected chi connectivity index (χ0v) is 31.6. The van der Waals surface area contributed by atoms with Gasteiger partial charge in [0, 0.05) is 23.9 Å². The minimum atomic E-state index is -0.908. The van der Waals surface area contributed by atoms with Crippen molar-refractivity contribution < 1.29 is 23.9 Å². The Morgan fingerprint density at radius 3 is 1.84 bits per heavy atom. The average molecular weight is 753 g/mol. The molecule has 4 amide bonds. The maximum Gasteiger partial charge on any atom is 0.407 e. The smallest absolute Gasteiger partial charge is 0.407 e. The Morgan fingerprint density at radius 2 is 1.30 bits per heavy atom. The van der Waals surface area contributed by atoms with Crippen LogP contribution < -0.4 is 10.6 Å². The molecule has 7 rings (SSSR count). The molecule has 286 valence electrons. The number of carbonyl (C=O) groups excluding carboxylic acids is 4. The first-order valence-electron chi connectivity index (χ1n) is 18.8. The molecule has 13 heteroatoms. The standard InChI is InChI=1S/C43H44N8O5/c1-4-19-50(38(53)23-44-26-52)24-36-45-34-17-13-30-21-28(11-15-32(30)40(34)47-36)29-12-16-33-31(22-29)14-18-35-41(33)48-37(46-35)25-51(20-5-2)42(54)39(49-43(55)56-3)27-9-7-6-8-10-27/h6-18,21-22,26,39H,4-5,19-20,23-25H2,1-3H3,(H,44,52)(H,45,47)(H,46,48)(H,49,55)/t39-/m1/s1. The van der Waals surface area contributed by atoms with Gasteiger partial charge < -0.3 is 35.1 Å². The lowest BCUT2D eigenvalue weighted by molar-refractivity contribution is -0.134. The summed E-state index contributed by atoms with van der Waals surface area (Å²) < 4.78 is 4.83. The molecule has 2 heterocycles. The summed E-state index contributed by atoms with van der Waals surface area (Å²) in [5.74, 6) is 0.916. The number of ether oxygens (including phenoxy) is 1. The molecule has 0 radical (unpaired) electrons. The molecule has 0 spiro atoms. The largest absolute Gasteiger partial charge is 0.453 e. The molecule has 0 unspecified atom stereocenters. The second kappa shape index (κ2) is 16.7. The number of amides is 4. The molecule has 7 aromatic rings. The van der Waals surface area contributed by atoms with Crippen LogP contribution in [0.25, 0.3) is 54.7 Å². The number of rotatable bonds is 15. The molecule has 5 aromatic carbocycles. The third-order valence-electron chi connectivity index (χ3n) is 9.88. The van der Waals surface area contributed by atoms with E-state index in [1.54, 1.807) is 9.80 Å². The number of alkyl carbamates (subject to hydrolysis) is 1. The van der Waals surface area contributed by atoms with Gasteiger partial charge in [0.25, 0.3) is 0 Å². The van der Waals surface area contributed by atoms with Crippen molar-refractivity contribution in [3.63, 3.8) is 0 Å². The van der Waals surface area contributed by atoms with Crippen molar-refractivity contribution in [1.29, 1.82) is 0 Å². The summed E-state index contributed by atoms with van der Waals surface area (Å²) in [7, 11) is 1.28. The highest BCUT2D eigenvalue weighted by Crippen LogP contribution is 2.33. The van der Waals surface area contributed by atoms with Gasteiger partial charge in [-0.2, -0.15) is 0 Å². The lowest BCUT2D eigenvalue weighted by atomic mass is 9.98. The number of nitrogens with one attached hydrogen (secondary N) is 4. The number of imidazole rings is 2. The van der Waals surface area contributed by atoms with E-state index in [1.807, 2.05) is 56.3 Å². The predicted octanol–water partition coefficient (Wildman–Crippen LogP) is 6.73. The van der Waals surface area contributed by atoms with Crippen molar-refractivity contribution in [1.82, 2.24) is 40.4 Å². The highest BCUT2D eigenvalue weighted by Gasteiger charge is 2.28. The molecule has 56 heavy (non-hydrogen) atoms. The van der Waals surface area contributed by atoms with E-state index >= 15 is 0 Å². The Balaban J connectivity index is 1.13. The molecule has 13 nitrogen and oxygen atoms in total. The van der Waals surface area contributed by atoms with E-state index in [9.17, 15) is 19.2 Å². The number of methoxy groups -OCH3 is 1. The van der Waals surface area contributed by atoms with Gasteiger partial charge in [0.2, 0.25) is 18.2 Å². The van der Waals surface area contributed by atoms with E-state index in [-0.39, 0.29) is 24.9 Å². The fraction of sp³-hybridized carbons (Fsp3) is 0.256. The molecular formula is C43H44N8O5. The van der Waals surface area contributed by atoms with Crippen LogP contribution >= 0.6 is 0 Å². The molecule has 4 N–H and O–H groups in total. The van der Waals surface area contributed by atoms with Crippen LogP contribution in [-0.2, 0) is 32.2 Å². The topological polar surface area (TPSA) is 165 Å². The van der Waals surface area contributed by atoms with Crippen LogP contribution in [0.1, 0.15) is 49.9 Å². The van der Waals surface area contributed by atoms with Crippen LogP contribution in [-0.4, -0.2) is 80.8 Å². The summed E-state index contributed by atoms with van der Waals surface area (Å²) >= 11 is 0. The van der Waals surface area contributed by atoms with Gasteiger partial charge in [-0.05, 0) is 64.6 Å². The number of fused-ring (bicyclic) bond motifs is 6. The number of hydrogen-bond donors (Lipinski definition) is 4. The van der Waals surface area contributed by atoms with E-state index < -0.39 is 12.1 Å². The SMILES string of the molecule is CCCN(Cc1nc2ccc3cc(-c4ccc5c(ccc6nc(CN(CCC)C(=O)[C@H](NC(=O)OC)c7ccccc7)[nH]c65)c4)ccc3c2[nH]1)C(=O)CNC=O. The van der Waals surface area contributed by atoms with E-state index in [0.29, 0.717) is 43.3 Å². The summed E-state index contributed by atoms with van der Waals surface area (Å²) in [4.78, 5) is 69.5. The van der Waals surface area contributed by atoms with Crippen LogP contribution in [0.2, 0.25) is 0 Å². The maximum atomic E-state index is 13.9. The molecule has 0 aliphatic carbocycles. The first kappa shape index (κ1) is 37.6. The summed E-state index contributed by atoms with van der Waals surface area (Å²) in [5, 5.41) is 9.30. The second-order valence-electron chi connectivity index (χ2n) is 13.7. The van der Waals surface area contributed by atoms with Gasteiger partial charge in [-0.25, -0.2) is 14.8 Å². The Morgan fingerprint density at radius 1 is 0.750 bits per heavy atom. The molecule has 0 bridgehead atoms. The van der Waals surface area contributed by atoms with Crippen molar-refractivity contribution >= 4 is 67.9 Å². The van der Waals surface area contributed by atoms with Gasteiger partial charge in [-0.3, -0.25) is 14.4 Å². The summed E-state index contributed by atoms with van der Waals surface area (Å²) in [5.41, 5.74) is 6.19. The number of carbonyl (C=O) groups is 4. The monoisotopic (exact) mass is 752 g/mol. The number of H-pyrrole nitrogens is 2.